The number of hydrogen-bond acceptors (Lipinski definition) is 6. The van der Waals surface area contributed by atoms with Crippen molar-refractivity contribution in [3.05, 3.63) is 49.7 Å². The smallest absolute Gasteiger partial charge is 0.328 e. The summed E-state index contributed by atoms with van der Waals surface area (Å²) in [6.45, 7) is 3.95. The first kappa shape index (κ1) is 20.7. The van der Waals surface area contributed by atoms with E-state index in [-0.39, 0.29) is 39.4 Å². The first-order valence-electron chi connectivity index (χ1n) is 7.74. The van der Waals surface area contributed by atoms with Gasteiger partial charge in [-0.3, -0.25) is 24.4 Å². The summed E-state index contributed by atoms with van der Waals surface area (Å²) in [6, 6.07) is 4.72. The van der Waals surface area contributed by atoms with Crippen molar-refractivity contribution < 1.29 is 19.2 Å². The van der Waals surface area contributed by atoms with E-state index in [9.17, 15) is 19.7 Å². The highest BCUT2D eigenvalue weighted by atomic mass is 35.5. The van der Waals surface area contributed by atoms with Gasteiger partial charge >= 0.3 is 11.7 Å². The number of para-hydroxylation sites is 1. The summed E-state index contributed by atoms with van der Waals surface area (Å²) in [5.41, 5.74) is 0.448. The zero-order chi connectivity index (χ0) is 20.3. The van der Waals surface area contributed by atoms with E-state index >= 15 is 0 Å². The van der Waals surface area contributed by atoms with E-state index in [1.165, 1.54) is 20.8 Å². The maximum Gasteiger partial charge on any atom is 0.328 e. The van der Waals surface area contributed by atoms with Crippen molar-refractivity contribution in [2.24, 2.45) is 0 Å². The normalized spacial score (nSPS) is 11.7. The Morgan fingerprint density at radius 3 is 2.44 bits per heavy atom. The number of carbonyl (C=O) groups excluding carboxylic acids is 2. The molecule has 11 heteroatoms. The molecular weight excluding hydrogens is 399 g/mol. The van der Waals surface area contributed by atoms with Crippen LogP contribution < -0.4 is 5.32 Å². The summed E-state index contributed by atoms with van der Waals surface area (Å²) < 4.78 is 6.22. The molecule has 1 N–H and O–H groups in total. The van der Waals surface area contributed by atoms with Crippen molar-refractivity contribution in [1.82, 2.24) is 9.78 Å². The summed E-state index contributed by atoms with van der Waals surface area (Å²) in [6.07, 6.45) is -1.14. The zero-order valence-corrected chi connectivity index (χ0v) is 16.2. The van der Waals surface area contributed by atoms with Crippen LogP contribution in [-0.2, 0) is 20.9 Å². The minimum Gasteiger partial charge on any atom is -0.451 e. The summed E-state index contributed by atoms with van der Waals surface area (Å²) in [5.74, 6) is -1.40. The number of aryl methyl sites for hydroxylation is 1. The summed E-state index contributed by atoms with van der Waals surface area (Å²) in [4.78, 5) is 34.7. The molecule has 0 bridgehead atoms. The third-order valence-corrected chi connectivity index (χ3v) is 4.32. The Kier molecular flexibility index (Phi) is 6.40. The van der Waals surface area contributed by atoms with Crippen molar-refractivity contribution in [3.63, 3.8) is 0 Å². The molecular formula is C16H16Cl2N4O5. The van der Waals surface area contributed by atoms with Gasteiger partial charge in [-0.25, -0.2) is 0 Å². The highest BCUT2D eigenvalue weighted by Gasteiger charge is 2.25. The van der Waals surface area contributed by atoms with Gasteiger partial charge in [0.25, 0.3) is 5.91 Å². The molecule has 0 aliphatic rings. The Bertz CT molecular complexity index is 892. The number of carbonyl (C=O) groups is 2. The van der Waals surface area contributed by atoms with E-state index in [1.54, 1.807) is 18.2 Å². The van der Waals surface area contributed by atoms with E-state index in [0.717, 1.165) is 4.68 Å². The Hall–Kier alpha value is -2.65. The fraction of sp³-hybridized carbons (Fsp3) is 0.312. The topological polar surface area (TPSA) is 116 Å². The third kappa shape index (κ3) is 4.75. The average molecular weight is 415 g/mol. The lowest BCUT2D eigenvalue weighted by Gasteiger charge is -2.15. The Labute approximate surface area is 164 Å². The van der Waals surface area contributed by atoms with Gasteiger partial charge in [-0.1, -0.05) is 29.3 Å². The van der Waals surface area contributed by atoms with Gasteiger partial charge in [0.1, 0.15) is 17.9 Å². The van der Waals surface area contributed by atoms with Crippen LogP contribution in [0.1, 0.15) is 18.3 Å². The highest BCUT2D eigenvalue weighted by Crippen LogP contribution is 2.30. The lowest BCUT2D eigenvalue weighted by Crippen LogP contribution is -2.31. The number of nitrogens with zero attached hydrogens (tertiary/aromatic N) is 3. The Morgan fingerprint density at radius 1 is 1.33 bits per heavy atom. The molecule has 0 saturated carbocycles. The van der Waals surface area contributed by atoms with E-state index in [2.05, 4.69) is 10.4 Å². The number of halogens is 2. The number of amides is 1. The monoisotopic (exact) mass is 414 g/mol. The molecule has 0 radical (unpaired) electrons. The van der Waals surface area contributed by atoms with Crippen molar-refractivity contribution in [3.8, 4) is 0 Å². The predicted octanol–water partition coefficient (Wildman–Crippen LogP) is 3.29. The molecule has 1 aromatic carbocycles. The molecule has 0 unspecified atom stereocenters. The molecule has 1 amide bonds. The lowest BCUT2D eigenvalue weighted by atomic mass is 10.3. The van der Waals surface area contributed by atoms with Crippen LogP contribution in [0.4, 0.5) is 11.4 Å². The van der Waals surface area contributed by atoms with Gasteiger partial charge in [-0.2, -0.15) is 5.10 Å². The lowest BCUT2D eigenvalue weighted by molar-refractivity contribution is -0.386. The van der Waals surface area contributed by atoms with Crippen molar-refractivity contribution >= 4 is 46.5 Å². The standard InChI is InChI=1S/C16H16Cl2N4O5/c1-8-15(22(25)26)9(2)21(20-8)7-13(23)27-10(3)16(24)19-14-11(17)5-4-6-12(14)18/h4-6,10H,7H2,1-3H3,(H,19,24)/t10-/m1/s1. The van der Waals surface area contributed by atoms with Gasteiger partial charge in [-0.05, 0) is 32.9 Å². The fourth-order valence-corrected chi connectivity index (χ4v) is 2.85. The SMILES string of the molecule is Cc1nn(CC(=O)O[C@H](C)C(=O)Nc2c(Cl)cccc2Cl)c(C)c1[N+](=O)[O-]. The number of nitro groups is 1. The van der Waals surface area contributed by atoms with Crippen molar-refractivity contribution in [1.29, 1.82) is 0 Å². The molecule has 9 nitrogen and oxygen atoms in total. The second-order valence-electron chi connectivity index (χ2n) is 5.65. The molecule has 0 fully saturated rings. The van der Waals surface area contributed by atoms with Gasteiger partial charge < -0.3 is 10.1 Å². The van der Waals surface area contributed by atoms with Crippen LogP contribution >= 0.6 is 23.2 Å². The number of hydrogen-bond donors (Lipinski definition) is 1. The Morgan fingerprint density at radius 2 is 1.93 bits per heavy atom. The second-order valence-corrected chi connectivity index (χ2v) is 6.47. The number of rotatable bonds is 6. The van der Waals surface area contributed by atoms with Crippen molar-refractivity contribution in [2.75, 3.05) is 5.32 Å². The molecule has 0 aliphatic heterocycles. The molecule has 1 heterocycles. The minimum atomic E-state index is -1.14. The van der Waals surface area contributed by atoms with E-state index < -0.39 is 22.9 Å². The quantitative estimate of drug-likeness (QED) is 0.440. The van der Waals surface area contributed by atoms with Crippen molar-refractivity contribution in [2.45, 2.75) is 33.4 Å². The van der Waals surface area contributed by atoms with Gasteiger partial charge in [0.15, 0.2) is 6.10 Å². The number of ether oxygens (including phenoxy) is 1. The molecule has 2 aromatic rings. The predicted molar refractivity (Wildman–Crippen MR) is 99.0 cm³/mol. The Balaban J connectivity index is 2.02. The maximum atomic E-state index is 12.2. The van der Waals surface area contributed by atoms with Crippen LogP contribution in [0.5, 0.6) is 0 Å². The summed E-state index contributed by atoms with van der Waals surface area (Å²) >= 11 is 12.0. The minimum absolute atomic E-state index is 0.165. The number of esters is 1. The van der Waals surface area contributed by atoms with Gasteiger partial charge in [0.05, 0.1) is 20.7 Å². The third-order valence-electron chi connectivity index (χ3n) is 3.69. The summed E-state index contributed by atoms with van der Waals surface area (Å²) in [5, 5.41) is 17.9. The van der Waals surface area contributed by atoms with Gasteiger partial charge in [0.2, 0.25) is 0 Å². The van der Waals surface area contributed by atoms with Crippen LogP contribution in [0, 0.1) is 24.0 Å². The molecule has 144 valence electrons. The summed E-state index contributed by atoms with van der Waals surface area (Å²) in [7, 11) is 0. The molecule has 0 aliphatic carbocycles. The highest BCUT2D eigenvalue weighted by molar-refractivity contribution is 6.39. The average Bonchev–Trinajstić information content (AvgIpc) is 2.84. The van der Waals surface area contributed by atoms with Gasteiger partial charge in [0, 0.05) is 0 Å². The van der Waals surface area contributed by atoms with Crippen LogP contribution in [0.15, 0.2) is 18.2 Å². The van der Waals surface area contributed by atoms with E-state index in [4.69, 9.17) is 27.9 Å². The number of aromatic nitrogens is 2. The largest absolute Gasteiger partial charge is 0.451 e. The first-order valence-corrected chi connectivity index (χ1v) is 8.50. The van der Waals surface area contributed by atoms with E-state index in [1.807, 2.05) is 0 Å². The molecule has 2 rings (SSSR count). The number of anilines is 1. The molecule has 1 aromatic heterocycles. The fourth-order valence-electron chi connectivity index (χ4n) is 2.36. The molecule has 27 heavy (non-hydrogen) atoms. The maximum absolute atomic E-state index is 12.2. The van der Waals surface area contributed by atoms with Crippen LogP contribution in [0.25, 0.3) is 0 Å². The van der Waals surface area contributed by atoms with Crippen LogP contribution in [0.2, 0.25) is 10.0 Å². The van der Waals surface area contributed by atoms with Crippen LogP contribution in [-0.4, -0.2) is 32.7 Å². The molecule has 0 saturated heterocycles. The van der Waals surface area contributed by atoms with E-state index in [0.29, 0.717) is 0 Å². The number of nitrogens with one attached hydrogen (secondary N) is 1. The van der Waals surface area contributed by atoms with Crippen LogP contribution in [0.3, 0.4) is 0 Å². The second kappa shape index (κ2) is 8.36. The molecule has 1 atom stereocenters. The molecule has 0 spiro atoms. The first-order chi connectivity index (χ1) is 12.6. The number of benzene rings is 1. The zero-order valence-electron chi connectivity index (χ0n) is 14.7. The van der Waals surface area contributed by atoms with Gasteiger partial charge in [-0.15, -0.1) is 0 Å².